The highest BCUT2D eigenvalue weighted by Crippen LogP contribution is 2.36. The SMILES string of the molecule is Cc1c(-c2ccc(Cl)cc2)c(=O)oc2c3c(ccc12)OCN(Cc1ccncc1)C3. The molecule has 1 aliphatic rings. The highest BCUT2D eigenvalue weighted by molar-refractivity contribution is 6.30. The molecule has 2 aromatic heterocycles. The Bertz CT molecular complexity index is 1280. The Labute approximate surface area is 178 Å². The van der Waals surface area contributed by atoms with Gasteiger partial charge in [0, 0.05) is 35.9 Å². The molecule has 2 aromatic carbocycles. The molecule has 0 amide bonds. The van der Waals surface area contributed by atoms with Crippen LogP contribution >= 0.6 is 11.6 Å². The molecule has 0 fully saturated rings. The van der Waals surface area contributed by atoms with E-state index >= 15 is 0 Å². The molecule has 1 aliphatic heterocycles. The summed E-state index contributed by atoms with van der Waals surface area (Å²) in [6.45, 7) is 3.79. The number of hydrogen-bond donors (Lipinski definition) is 0. The quantitative estimate of drug-likeness (QED) is 0.430. The lowest BCUT2D eigenvalue weighted by atomic mass is 9.97. The van der Waals surface area contributed by atoms with Crippen molar-refractivity contribution in [1.82, 2.24) is 9.88 Å². The fourth-order valence-corrected chi connectivity index (χ4v) is 4.09. The first-order chi connectivity index (χ1) is 14.6. The Morgan fingerprint density at radius 1 is 1.07 bits per heavy atom. The molecule has 5 nitrogen and oxygen atoms in total. The van der Waals surface area contributed by atoms with E-state index in [1.54, 1.807) is 24.5 Å². The zero-order chi connectivity index (χ0) is 20.7. The predicted octanol–water partition coefficient (Wildman–Crippen LogP) is 5.17. The zero-order valence-corrected chi connectivity index (χ0v) is 17.1. The van der Waals surface area contributed by atoms with Gasteiger partial charge in [-0.15, -0.1) is 0 Å². The van der Waals surface area contributed by atoms with Crippen molar-refractivity contribution in [3.63, 3.8) is 0 Å². The molecule has 6 heteroatoms. The Morgan fingerprint density at radius 3 is 2.60 bits per heavy atom. The van der Waals surface area contributed by atoms with Crippen LogP contribution in [-0.4, -0.2) is 16.6 Å². The lowest BCUT2D eigenvalue weighted by Crippen LogP contribution is -2.31. The molecule has 4 aromatic rings. The topological polar surface area (TPSA) is 55.6 Å². The van der Waals surface area contributed by atoms with Gasteiger partial charge in [0.2, 0.25) is 0 Å². The minimum atomic E-state index is -0.359. The van der Waals surface area contributed by atoms with E-state index in [1.165, 1.54) is 0 Å². The molecule has 0 unspecified atom stereocenters. The summed E-state index contributed by atoms with van der Waals surface area (Å²) in [7, 11) is 0. The summed E-state index contributed by atoms with van der Waals surface area (Å²) in [4.78, 5) is 19.2. The normalized spacial score (nSPS) is 13.8. The molecule has 0 N–H and O–H groups in total. The Balaban J connectivity index is 1.58. The van der Waals surface area contributed by atoms with E-state index in [4.69, 9.17) is 20.8 Å². The average molecular weight is 419 g/mol. The third-order valence-electron chi connectivity index (χ3n) is 5.47. The van der Waals surface area contributed by atoms with E-state index in [-0.39, 0.29) is 5.63 Å². The van der Waals surface area contributed by atoms with Crippen molar-refractivity contribution in [3.8, 4) is 16.9 Å². The van der Waals surface area contributed by atoms with Crippen LogP contribution in [0.15, 0.2) is 70.1 Å². The van der Waals surface area contributed by atoms with Crippen molar-refractivity contribution in [2.75, 3.05) is 6.73 Å². The second kappa shape index (κ2) is 7.59. The van der Waals surface area contributed by atoms with Crippen LogP contribution in [0.5, 0.6) is 5.75 Å². The van der Waals surface area contributed by atoms with Crippen molar-refractivity contribution < 1.29 is 9.15 Å². The van der Waals surface area contributed by atoms with Gasteiger partial charge in [0.15, 0.2) is 0 Å². The second-order valence-electron chi connectivity index (χ2n) is 7.43. The lowest BCUT2D eigenvalue weighted by molar-refractivity contribution is 0.0889. The minimum absolute atomic E-state index is 0.359. The molecule has 0 spiro atoms. The van der Waals surface area contributed by atoms with Crippen LogP contribution in [0.25, 0.3) is 22.1 Å². The van der Waals surface area contributed by atoms with Crippen molar-refractivity contribution in [1.29, 1.82) is 0 Å². The van der Waals surface area contributed by atoms with E-state index in [9.17, 15) is 4.79 Å². The van der Waals surface area contributed by atoms with Crippen LogP contribution in [0, 0.1) is 6.92 Å². The number of nitrogens with zero attached hydrogens (tertiary/aromatic N) is 2. The van der Waals surface area contributed by atoms with E-state index in [0.717, 1.165) is 39.9 Å². The van der Waals surface area contributed by atoms with Gasteiger partial charge in [-0.3, -0.25) is 9.88 Å². The average Bonchev–Trinajstić information content (AvgIpc) is 2.76. The van der Waals surface area contributed by atoms with Crippen LogP contribution < -0.4 is 10.4 Å². The lowest BCUT2D eigenvalue weighted by Gasteiger charge is -2.29. The van der Waals surface area contributed by atoms with Gasteiger partial charge in [0.1, 0.15) is 18.1 Å². The molecule has 0 bridgehead atoms. The summed E-state index contributed by atoms with van der Waals surface area (Å²) in [6, 6.07) is 15.1. The summed E-state index contributed by atoms with van der Waals surface area (Å²) in [5, 5.41) is 1.54. The number of hydrogen-bond acceptors (Lipinski definition) is 5. The third-order valence-corrected chi connectivity index (χ3v) is 5.72. The maximum atomic E-state index is 12.9. The number of benzene rings is 2. The van der Waals surface area contributed by atoms with Crippen LogP contribution in [0.4, 0.5) is 0 Å². The molecule has 0 saturated heterocycles. The smallest absolute Gasteiger partial charge is 0.344 e. The molecule has 150 valence electrons. The highest BCUT2D eigenvalue weighted by Gasteiger charge is 2.23. The molecule has 0 saturated carbocycles. The number of fused-ring (bicyclic) bond motifs is 3. The van der Waals surface area contributed by atoms with E-state index in [0.29, 0.717) is 29.4 Å². The predicted molar refractivity (Wildman–Crippen MR) is 117 cm³/mol. The van der Waals surface area contributed by atoms with Gasteiger partial charge in [-0.1, -0.05) is 23.7 Å². The summed E-state index contributed by atoms with van der Waals surface area (Å²) in [5.41, 5.74) is 4.52. The Hall–Kier alpha value is -3.15. The molecular weight excluding hydrogens is 400 g/mol. The first-order valence-electron chi connectivity index (χ1n) is 9.69. The van der Waals surface area contributed by atoms with Gasteiger partial charge in [-0.05, 0) is 60.0 Å². The highest BCUT2D eigenvalue weighted by atomic mass is 35.5. The van der Waals surface area contributed by atoms with Gasteiger partial charge in [-0.25, -0.2) is 4.79 Å². The summed E-state index contributed by atoms with van der Waals surface area (Å²) < 4.78 is 11.8. The number of aryl methyl sites for hydroxylation is 1. The zero-order valence-electron chi connectivity index (χ0n) is 16.4. The second-order valence-corrected chi connectivity index (χ2v) is 7.87. The largest absolute Gasteiger partial charge is 0.478 e. The molecule has 0 atom stereocenters. The van der Waals surface area contributed by atoms with Crippen molar-refractivity contribution in [2.24, 2.45) is 0 Å². The fraction of sp³-hybridized carbons (Fsp3) is 0.167. The van der Waals surface area contributed by atoms with Gasteiger partial charge >= 0.3 is 5.63 Å². The van der Waals surface area contributed by atoms with Gasteiger partial charge in [0.05, 0.1) is 11.1 Å². The van der Waals surface area contributed by atoms with Crippen LogP contribution in [-0.2, 0) is 13.1 Å². The maximum Gasteiger partial charge on any atom is 0.344 e. The van der Waals surface area contributed by atoms with Gasteiger partial charge < -0.3 is 9.15 Å². The van der Waals surface area contributed by atoms with Crippen molar-refractivity contribution >= 4 is 22.6 Å². The van der Waals surface area contributed by atoms with Gasteiger partial charge in [0.25, 0.3) is 0 Å². The summed E-state index contributed by atoms with van der Waals surface area (Å²) >= 11 is 6.00. The Morgan fingerprint density at radius 2 is 1.83 bits per heavy atom. The summed E-state index contributed by atoms with van der Waals surface area (Å²) in [6.07, 6.45) is 3.56. The molecule has 30 heavy (non-hydrogen) atoms. The Kier molecular flexibility index (Phi) is 4.77. The van der Waals surface area contributed by atoms with E-state index < -0.39 is 0 Å². The third kappa shape index (κ3) is 3.36. The fourth-order valence-electron chi connectivity index (χ4n) is 3.97. The molecule has 0 radical (unpaired) electrons. The standard InChI is InChI=1S/C24H19ClN2O3/c1-15-19-6-7-21-20(13-27(14-29-21)12-16-8-10-26-11-9-16)23(19)30-24(28)22(15)17-2-4-18(25)5-3-17/h2-11H,12-14H2,1H3. The van der Waals surface area contributed by atoms with Crippen LogP contribution in [0.1, 0.15) is 16.7 Å². The molecule has 3 heterocycles. The first-order valence-corrected chi connectivity index (χ1v) is 10.1. The number of ether oxygens (including phenoxy) is 1. The maximum absolute atomic E-state index is 12.9. The van der Waals surface area contributed by atoms with Crippen molar-refractivity contribution in [2.45, 2.75) is 20.0 Å². The molecule has 0 aliphatic carbocycles. The van der Waals surface area contributed by atoms with E-state index in [1.807, 2.05) is 43.3 Å². The molecule has 5 rings (SSSR count). The number of aromatic nitrogens is 1. The van der Waals surface area contributed by atoms with Crippen LogP contribution in [0.3, 0.4) is 0 Å². The van der Waals surface area contributed by atoms with Crippen molar-refractivity contribution in [3.05, 3.63) is 93.1 Å². The number of rotatable bonds is 3. The first kappa shape index (κ1) is 18.9. The van der Waals surface area contributed by atoms with E-state index in [2.05, 4.69) is 9.88 Å². The summed E-state index contributed by atoms with van der Waals surface area (Å²) in [5.74, 6) is 0.760. The molecular formula is C24H19ClN2O3. The minimum Gasteiger partial charge on any atom is -0.478 e. The number of pyridine rings is 1. The van der Waals surface area contributed by atoms with Gasteiger partial charge in [-0.2, -0.15) is 0 Å². The monoisotopic (exact) mass is 418 g/mol. The van der Waals surface area contributed by atoms with Crippen LogP contribution in [0.2, 0.25) is 5.02 Å². The number of halogens is 1.